The minimum Gasteiger partial charge on any atom is -0.295 e. The summed E-state index contributed by atoms with van der Waals surface area (Å²) < 4.78 is 0. The molecule has 0 bridgehead atoms. The predicted molar refractivity (Wildman–Crippen MR) is 64.7 cm³/mol. The molecule has 0 amide bonds. The largest absolute Gasteiger partial charge is 0.295 e. The third-order valence-electron chi connectivity index (χ3n) is 3.54. The lowest BCUT2D eigenvalue weighted by atomic mass is 9.82. The van der Waals surface area contributed by atoms with E-state index in [0.717, 1.165) is 6.42 Å². The van der Waals surface area contributed by atoms with Gasteiger partial charge in [-0.1, -0.05) is 6.92 Å². The number of hydrogen-bond donors (Lipinski definition) is 0. The van der Waals surface area contributed by atoms with Crippen LogP contribution in [-0.4, -0.2) is 22.2 Å². The van der Waals surface area contributed by atoms with Crippen LogP contribution < -0.4 is 0 Å². The molecular weight excluding hydrogens is 186 g/mol. The summed E-state index contributed by atoms with van der Waals surface area (Å²) in [6.45, 7) is 13.5. The minimum atomic E-state index is 0.172. The van der Waals surface area contributed by atoms with Gasteiger partial charge >= 0.3 is 0 Å². The number of nitrogens with zero attached hydrogens (tertiary/aromatic N) is 1. The lowest BCUT2D eigenvalue weighted by molar-refractivity contribution is -0.301. The minimum absolute atomic E-state index is 0.172. The molecule has 0 aromatic carbocycles. The Bertz CT molecular complexity index is 195. The van der Waals surface area contributed by atoms with Gasteiger partial charge in [0.1, 0.15) is 0 Å². The fraction of sp³-hybridized carbons (Fsp3) is 1.00. The van der Waals surface area contributed by atoms with Gasteiger partial charge in [0.2, 0.25) is 0 Å². The second-order valence-electron chi connectivity index (χ2n) is 6.10. The van der Waals surface area contributed by atoms with Gasteiger partial charge in [-0.15, -0.1) is 0 Å². The molecule has 1 heterocycles. The Morgan fingerprint density at radius 3 is 2.00 bits per heavy atom. The number of piperidine rings is 1. The zero-order valence-electron chi connectivity index (χ0n) is 11.3. The molecule has 90 valence electrons. The van der Waals surface area contributed by atoms with Gasteiger partial charge < -0.3 is 0 Å². The van der Waals surface area contributed by atoms with E-state index in [9.17, 15) is 0 Å². The van der Waals surface area contributed by atoms with E-state index in [1.165, 1.54) is 19.3 Å². The predicted octanol–water partition coefficient (Wildman–Crippen LogP) is 3.76. The van der Waals surface area contributed by atoms with Crippen LogP contribution in [0.15, 0.2) is 0 Å². The summed E-state index contributed by atoms with van der Waals surface area (Å²) in [6, 6.07) is 0. The third-order valence-corrected chi connectivity index (χ3v) is 3.54. The van der Waals surface area contributed by atoms with Crippen molar-refractivity contribution in [1.29, 1.82) is 0 Å². The van der Waals surface area contributed by atoms with Crippen LogP contribution in [0.25, 0.3) is 0 Å². The molecule has 1 atom stereocenters. The van der Waals surface area contributed by atoms with Crippen molar-refractivity contribution < 1.29 is 4.84 Å². The van der Waals surface area contributed by atoms with Gasteiger partial charge in [0, 0.05) is 11.1 Å². The van der Waals surface area contributed by atoms with Crippen molar-refractivity contribution in [3.8, 4) is 0 Å². The molecule has 1 aliphatic rings. The van der Waals surface area contributed by atoms with Crippen molar-refractivity contribution in [3.63, 3.8) is 0 Å². The maximum absolute atomic E-state index is 6.10. The Labute approximate surface area is 94.9 Å². The molecule has 1 saturated heterocycles. The molecule has 0 N–H and O–H groups in total. The quantitative estimate of drug-likeness (QED) is 0.708. The van der Waals surface area contributed by atoms with E-state index in [4.69, 9.17) is 4.84 Å². The highest BCUT2D eigenvalue weighted by molar-refractivity contribution is 4.92. The first-order valence-electron chi connectivity index (χ1n) is 6.27. The summed E-state index contributed by atoms with van der Waals surface area (Å²) in [5.74, 6) is 0. The van der Waals surface area contributed by atoms with E-state index in [-0.39, 0.29) is 11.1 Å². The van der Waals surface area contributed by atoms with E-state index >= 15 is 0 Å². The SMILES string of the molecule is CC[C@@H](C)ON1C(C)(C)CCCC1(C)C. The van der Waals surface area contributed by atoms with E-state index in [2.05, 4.69) is 46.6 Å². The van der Waals surface area contributed by atoms with Crippen molar-refractivity contribution in [1.82, 2.24) is 5.06 Å². The van der Waals surface area contributed by atoms with Gasteiger partial charge in [0.15, 0.2) is 0 Å². The molecule has 0 radical (unpaired) electrons. The average molecular weight is 213 g/mol. The highest BCUT2D eigenvalue weighted by atomic mass is 16.7. The molecule has 0 aromatic heterocycles. The van der Waals surface area contributed by atoms with Crippen LogP contribution in [0.2, 0.25) is 0 Å². The molecule has 0 aliphatic carbocycles. The van der Waals surface area contributed by atoms with Crippen molar-refractivity contribution in [2.75, 3.05) is 0 Å². The highest BCUT2D eigenvalue weighted by Gasteiger charge is 2.42. The van der Waals surface area contributed by atoms with Gasteiger partial charge in [-0.25, -0.2) is 0 Å². The zero-order chi connectivity index (χ0) is 11.7. The second-order valence-corrected chi connectivity index (χ2v) is 6.10. The van der Waals surface area contributed by atoms with E-state index in [1.54, 1.807) is 0 Å². The van der Waals surface area contributed by atoms with E-state index < -0.39 is 0 Å². The van der Waals surface area contributed by atoms with E-state index in [0.29, 0.717) is 6.10 Å². The van der Waals surface area contributed by atoms with Crippen molar-refractivity contribution in [2.24, 2.45) is 0 Å². The maximum atomic E-state index is 6.10. The van der Waals surface area contributed by atoms with Gasteiger partial charge in [-0.2, -0.15) is 5.06 Å². The topological polar surface area (TPSA) is 12.5 Å². The monoisotopic (exact) mass is 213 g/mol. The summed E-state index contributed by atoms with van der Waals surface area (Å²) in [7, 11) is 0. The Morgan fingerprint density at radius 1 is 1.13 bits per heavy atom. The fourth-order valence-corrected chi connectivity index (χ4v) is 2.52. The lowest BCUT2D eigenvalue weighted by Gasteiger charge is -2.52. The Kier molecular flexibility index (Phi) is 3.83. The van der Waals surface area contributed by atoms with Gasteiger partial charge in [0.25, 0.3) is 0 Å². The van der Waals surface area contributed by atoms with Crippen LogP contribution in [0.3, 0.4) is 0 Å². The molecule has 2 heteroatoms. The zero-order valence-corrected chi connectivity index (χ0v) is 11.3. The van der Waals surface area contributed by atoms with Crippen molar-refractivity contribution in [3.05, 3.63) is 0 Å². The third kappa shape index (κ3) is 2.94. The summed E-state index contributed by atoms with van der Waals surface area (Å²) in [5, 5.41) is 2.25. The van der Waals surface area contributed by atoms with Crippen LogP contribution in [0, 0.1) is 0 Å². The first kappa shape index (κ1) is 13.0. The molecule has 0 saturated carbocycles. The Balaban J connectivity index is 2.77. The Hall–Kier alpha value is -0.0800. The molecule has 0 unspecified atom stereocenters. The standard InChI is InChI=1S/C13H27NO/c1-7-11(2)15-14-12(3,4)9-8-10-13(14,5)6/h11H,7-10H2,1-6H3/t11-/m1/s1. The summed E-state index contributed by atoms with van der Waals surface area (Å²) in [4.78, 5) is 6.10. The first-order chi connectivity index (χ1) is 6.79. The molecule has 0 aromatic rings. The molecule has 1 aliphatic heterocycles. The van der Waals surface area contributed by atoms with Crippen LogP contribution in [0.5, 0.6) is 0 Å². The average Bonchev–Trinajstić information content (AvgIpc) is 2.10. The summed E-state index contributed by atoms with van der Waals surface area (Å²) >= 11 is 0. The normalized spacial score (nSPS) is 27.6. The molecule has 0 spiro atoms. The van der Waals surface area contributed by atoms with E-state index in [1.807, 2.05) is 0 Å². The fourth-order valence-electron chi connectivity index (χ4n) is 2.52. The smallest absolute Gasteiger partial charge is 0.0763 e. The number of rotatable bonds is 3. The van der Waals surface area contributed by atoms with Crippen molar-refractivity contribution >= 4 is 0 Å². The van der Waals surface area contributed by atoms with Gasteiger partial charge in [-0.05, 0) is 60.3 Å². The molecular formula is C13H27NO. The summed E-state index contributed by atoms with van der Waals surface area (Å²) in [6.07, 6.45) is 5.16. The number of hydroxylamine groups is 2. The van der Waals surface area contributed by atoms with Crippen LogP contribution >= 0.6 is 0 Å². The van der Waals surface area contributed by atoms with Crippen LogP contribution in [0.1, 0.15) is 67.2 Å². The first-order valence-corrected chi connectivity index (χ1v) is 6.27. The van der Waals surface area contributed by atoms with Gasteiger partial charge in [0.05, 0.1) is 6.10 Å². The van der Waals surface area contributed by atoms with Crippen molar-refractivity contribution in [2.45, 2.75) is 84.4 Å². The van der Waals surface area contributed by atoms with Gasteiger partial charge in [-0.3, -0.25) is 4.84 Å². The van der Waals surface area contributed by atoms with Crippen LogP contribution in [-0.2, 0) is 4.84 Å². The lowest BCUT2D eigenvalue weighted by Crippen LogP contribution is -2.59. The highest BCUT2D eigenvalue weighted by Crippen LogP contribution is 2.38. The summed E-state index contributed by atoms with van der Waals surface area (Å²) in [5.41, 5.74) is 0.344. The van der Waals surface area contributed by atoms with Crippen LogP contribution in [0.4, 0.5) is 0 Å². The number of hydrogen-bond acceptors (Lipinski definition) is 2. The Morgan fingerprint density at radius 2 is 1.60 bits per heavy atom. The molecule has 1 rings (SSSR count). The second kappa shape index (κ2) is 4.42. The maximum Gasteiger partial charge on any atom is 0.0763 e. The molecule has 2 nitrogen and oxygen atoms in total. The molecule has 1 fully saturated rings. The molecule has 15 heavy (non-hydrogen) atoms.